The number of rotatable bonds is 7. The van der Waals surface area contributed by atoms with Crippen LogP contribution in [0, 0.1) is 13.8 Å². The van der Waals surface area contributed by atoms with Crippen molar-refractivity contribution >= 4 is 17.7 Å². The van der Waals surface area contributed by atoms with E-state index < -0.39 is 0 Å². The van der Waals surface area contributed by atoms with Crippen LogP contribution in [0.15, 0.2) is 35.2 Å². The molecule has 1 amide bonds. The number of carbonyl (C=O) groups is 1. The summed E-state index contributed by atoms with van der Waals surface area (Å²) in [7, 11) is 0. The van der Waals surface area contributed by atoms with Crippen LogP contribution < -0.4 is 9.47 Å². The predicted molar refractivity (Wildman–Crippen MR) is 115 cm³/mol. The molecular formula is C23H29NO3S. The second-order valence-corrected chi connectivity index (χ2v) is 8.08. The highest BCUT2D eigenvalue weighted by atomic mass is 32.2. The minimum atomic E-state index is 0.181. The first kappa shape index (κ1) is 20.6. The lowest BCUT2D eigenvalue weighted by molar-refractivity contribution is -0.129. The predicted octanol–water partition coefficient (Wildman–Crippen LogP) is 4.78. The SMILES string of the molecule is CCOc1cc2c(cc1OCC)CN(C(=O)CSc1ccc(C)c(C)c1)CC2. The van der Waals surface area contributed by atoms with Crippen molar-refractivity contribution in [1.29, 1.82) is 0 Å². The van der Waals surface area contributed by atoms with Crippen LogP contribution >= 0.6 is 11.8 Å². The number of nitrogens with zero attached hydrogens (tertiary/aromatic N) is 1. The Morgan fingerprint density at radius 1 is 1.00 bits per heavy atom. The Bertz CT molecular complexity index is 850. The molecule has 150 valence electrons. The fourth-order valence-corrected chi connectivity index (χ4v) is 4.25. The van der Waals surface area contributed by atoms with E-state index in [0.717, 1.165) is 34.9 Å². The van der Waals surface area contributed by atoms with Gasteiger partial charge in [-0.05, 0) is 80.6 Å². The molecule has 1 heterocycles. The van der Waals surface area contributed by atoms with Crippen LogP contribution in [0.25, 0.3) is 0 Å². The largest absolute Gasteiger partial charge is 0.490 e. The summed E-state index contributed by atoms with van der Waals surface area (Å²) < 4.78 is 11.5. The summed E-state index contributed by atoms with van der Waals surface area (Å²) in [5.41, 5.74) is 4.94. The lowest BCUT2D eigenvalue weighted by atomic mass is 9.99. The van der Waals surface area contributed by atoms with Gasteiger partial charge in [0.25, 0.3) is 0 Å². The molecule has 4 nitrogen and oxygen atoms in total. The molecule has 2 aromatic carbocycles. The van der Waals surface area contributed by atoms with Gasteiger partial charge in [-0.1, -0.05) is 6.07 Å². The van der Waals surface area contributed by atoms with Gasteiger partial charge in [0.15, 0.2) is 11.5 Å². The number of benzene rings is 2. The van der Waals surface area contributed by atoms with Crippen molar-refractivity contribution in [2.45, 2.75) is 45.6 Å². The quantitative estimate of drug-likeness (QED) is 0.628. The Balaban J connectivity index is 1.67. The van der Waals surface area contributed by atoms with Crippen molar-refractivity contribution in [2.75, 3.05) is 25.5 Å². The number of carbonyl (C=O) groups excluding carboxylic acids is 1. The highest BCUT2D eigenvalue weighted by Gasteiger charge is 2.23. The third kappa shape index (κ3) is 4.82. The van der Waals surface area contributed by atoms with Gasteiger partial charge >= 0.3 is 0 Å². The Hall–Kier alpha value is -2.14. The van der Waals surface area contributed by atoms with Crippen molar-refractivity contribution in [1.82, 2.24) is 4.90 Å². The molecule has 28 heavy (non-hydrogen) atoms. The Morgan fingerprint density at radius 3 is 2.32 bits per heavy atom. The van der Waals surface area contributed by atoms with Gasteiger partial charge in [-0.15, -0.1) is 11.8 Å². The smallest absolute Gasteiger partial charge is 0.233 e. The van der Waals surface area contributed by atoms with Gasteiger partial charge in [-0.2, -0.15) is 0 Å². The van der Waals surface area contributed by atoms with E-state index in [0.29, 0.717) is 25.5 Å². The molecule has 5 heteroatoms. The van der Waals surface area contributed by atoms with Crippen molar-refractivity contribution in [3.8, 4) is 11.5 Å². The number of aryl methyl sites for hydroxylation is 2. The van der Waals surface area contributed by atoms with Crippen molar-refractivity contribution in [3.05, 3.63) is 52.6 Å². The lowest BCUT2D eigenvalue weighted by Gasteiger charge is -2.30. The van der Waals surface area contributed by atoms with Crippen molar-refractivity contribution in [3.63, 3.8) is 0 Å². The van der Waals surface area contributed by atoms with E-state index in [2.05, 4.69) is 38.1 Å². The summed E-state index contributed by atoms with van der Waals surface area (Å²) in [4.78, 5) is 15.9. The third-order valence-corrected chi connectivity index (χ3v) is 6.05. The van der Waals surface area contributed by atoms with Crippen molar-refractivity contribution < 1.29 is 14.3 Å². The average Bonchev–Trinajstić information content (AvgIpc) is 2.69. The number of hydrogen-bond donors (Lipinski definition) is 0. The first-order valence-electron chi connectivity index (χ1n) is 9.91. The zero-order valence-electron chi connectivity index (χ0n) is 17.2. The zero-order valence-corrected chi connectivity index (χ0v) is 18.0. The summed E-state index contributed by atoms with van der Waals surface area (Å²) in [6.07, 6.45) is 0.849. The molecule has 0 spiro atoms. The monoisotopic (exact) mass is 399 g/mol. The molecule has 0 bridgehead atoms. The van der Waals surface area contributed by atoms with E-state index in [9.17, 15) is 4.79 Å². The van der Waals surface area contributed by atoms with Crippen LogP contribution in [0.3, 0.4) is 0 Å². The second-order valence-electron chi connectivity index (χ2n) is 7.03. The number of amides is 1. The van der Waals surface area contributed by atoms with E-state index in [4.69, 9.17) is 9.47 Å². The fraction of sp³-hybridized carbons (Fsp3) is 0.435. The molecule has 1 aliphatic heterocycles. The van der Waals surface area contributed by atoms with E-state index in [-0.39, 0.29) is 5.91 Å². The molecule has 0 aromatic heterocycles. The van der Waals surface area contributed by atoms with E-state index in [1.165, 1.54) is 16.7 Å². The van der Waals surface area contributed by atoms with E-state index in [1.807, 2.05) is 24.8 Å². The molecule has 0 radical (unpaired) electrons. The summed E-state index contributed by atoms with van der Waals surface area (Å²) in [5.74, 6) is 2.21. The molecule has 0 saturated carbocycles. The standard InChI is InChI=1S/C23H29NO3S/c1-5-26-21-12-18-9-10-24(14-19(18)13-22(21)27-6-2)23(25)15-28-20-8-7-16(3)17(4)11-20/h7-8,11-13H,5-6,9-10,14-15H2,1-4H3. The van der Waals surface area contributed by atoms with Gasteiger partial charge < -0.3 is 14.4 Å². The normalized spacial score (nSPS) is 13.2. The number of thioether (sulfide) groups is 1. The number of ether oxygens (including phenoxy) is 2. The molecular weight excluding hydrogens is 370 g/mol. The fourth-order valence-electron chi connectivity index (χ4n) is 3.35. The van der Waals surface area contributed by atoms with Gasteiger partial charge in [0.1, 0.15) is 0 Å². The lowest BCUT2D eigenvalue weighted by Crippen LogP contribution is -2.37. The maximum Gasteiger partial charge on any atom is 0.233 e. The van der Waals surface area contributed by atoms with Crippen LogP contribution in [-0.2, 0) is 17.8 Å². The van der Waals surface area contributed by atoms with Crippen LogP contribution in [0.1, 0.15) is 36.1 Å². The summed E-state index contributed by atoms with van der Waals surface area (Å²) >= 11 is 1.61. The van der Waals surface area contributed by atoms with E-state index >= 15 is 0 Å². The second kappa shape index (κ2) is 9.37. The summed E-state index contributed by atoms with van der Waals surface area (Å²) in [5, 5.41) is 0. The maximum atomic E-state index is 12.8. The van der Waals surface area contributed by atoms with Crippen LogP contribution in [0.2, 0.25) is 0 Å². The van der Waals surface area contributed by atoms with Gasteiger partial charge in [0.2, 0.25) is 5.91 Å². The minimum absolute atomic E-state index is 0.181. The molecule has 0 aliphatic carbocycles. The molecule has 2 aromatic rings. The van der Waals surface area contributed by atoms with Gasteiger partial charge in [-0.3, -0.25) is 4.79 Å². The zero-order chi connectivity index (χ0) is 20.1. The molecule has 0 N–H and O–H groups in total. The molecule has 0 fully saturated rings. The number of fused-ring (bicyclic) bond motifs is 1. The third-order valence-electron chi connectivity index (χ3n) is 5.07. The topological polar surface area (TPSA) is 38.8 Å². The molecule has 1 aliphatic rings. The van der Waals surface area contributed by atoms with Crippen LogP contribution in [-0.4, -0.2) is 36.3 Å². The summed E-state index contributed by atoms with van der Waals surface area (Å²) in [6.45, 7) is 10.7. The van der Waals surface area contributed by atoms with Gasteiger partial charge in [0, 0.05) is 18.0 Å². The minimum Gasteiger partial charge on any atom is -0.490 e. The highest BCUT2D eigenvalue weighted by Crippen LogP contribution is 2.34. The Labute approximate surface area is 172 Å². The Morgan fingerprint density at radius 2 is 1.68 bits per heavy atom. The first-order valence-corrected chi connectivity index (χ1v) is 10.9. The average molecular weight is 400 g/mol. The maximum absolute atomic E-state index is 12.8. The first-order chi connectivity index (χ1) is 13.5. The number of hydrogen-bond acceptors (Lipinski definition) is 4. The van der Waals surface area contributed by atoms with Gasteiger partial charge in [0.05, 0.1) is 19.0 Å². The van der Waals surface area contributed by atoms with E-state index in [1.54, 1.807) is 11.8 Å². The molecule has 3 rings (SSSR count). The highest BCUT2D eigenvalue weighted by molar-refractivity contribution is 8.00. The van der Waals surface area contributed by atoms with Gasteiger partial charge in [-0.25, -0.2) is 0 Å². The van der Waals surface area contributed by atoms with Crippen molar-refractivity contribution in [2.24, 2.45) is 0 Å². The van der Waals surface area contributed by atoms with Crippen LogP contribution in [0.4, 0.5) is 0 Å². The molecule has 0 unspecified atom stereocenters. The molecule has 0 saturated heterocycles. The summed E-state index contributed by atoms with van der Waals surface area (Å²) in [6, 6.07) is 10.5. The Kier molecular flexibility index (Phi) is 6.89. The molecule has 0 atom stereocenters. The van der Waals surface area contributed by atoms with Crippen LogP contribution in [0.5, 0.6) is 11.5 Å².